The SMILES string of the molecule is CC=CC1CC1(NC(=O)C1CC(Oc2nc(OCCC)cc3c(C)cccc23)CN1C(=O)C(N=C(N)OC(C)(C)C(F)(F)F)C(C)C)C(=O)NS(=O)(=O)C1(C)CC1. The number of amides is 3. The summed E-state index contributed by atoms with van der Waals surface area (Å²) in [5.74, 6) is -3.10. The number of nitrogens with two attached hydrogens (primary N) is 1. The third-order valence-electron chi connectivity index (χ3n) is 10.8. The molecule has 3 amide bonds. The molecule has 1 aromatic heterocycles. The Morgan fingerprint density at radius 2 is 1.86 bits per heavy atom. The molecule has 2 aromatic rings. The van der Waals surface area contributed by atoms with E-state index in [1.807, 2.05) is 32.0 Å². The number of likely N-dealkylation sites (tertiary alicyclic amines) is 1. The quantitative estimate of drug-likeness (QED) is 0.127. The molecule has 1 aliphatic heterocycles. The zero-order valence-electron chi connectivity index (χ0n) is 33.5. The topological polar surface area (TPSA) is 192 Å². The van der Waals surface area contributed by atoms with Gasteiger partial charge in [-0.15, -0.1) is 0 Å². The summed E-state index contributed by atoms with van der Waals surface area (Å²) in [6.45, 7) is 12.1. The van der Waals surface area contributed by atoms with Crippen molar-refractivity contribution < 1.29 is 50.2 Å². The minimum Gasteiger partial charge on any atom is -0.478 e. The summed E-state index contributed by atoms with van der Waals surface area (Å²) in [5.41, 5.74) is 2.42. The Balaban J connectivity index is 1.50. The highest BCUT2D eigenvalue weighted by Crippen LogP contribution is 2.47. The number of ether oxygens (including phenoxy) is 3. The van der Waals surface area contributed by atoms with E-state index < -0.39 is 85.9 Å². The molecular formula is C39H53F3N6O8S. The highest BCUT2D eigenvalue weighted by atomic mass is 32.2. The summed E-state index contributed by atoms with van der Waals surface area (Å²) in [6, 6.07) is 3.81. The molecule has 0 radical (unpaired) electrons. The van der Waals surface area contributed by atoms with Crippen LogP contribution in [0.4, 0.5) is 13.2 Å². The highest BCUT2D eigenvalue weighted by molar-refractivity contribution is 7.91. The molecule has 3 fully saturated rings. The first-order chi connectivity index (χ1) is 26.5. The molecule has 0 spiro atoms. The van der Waals surface area contributed by atoms with E-state index in [9.17, 15) is 36.0 Å². The number of halogens is 3. The Labute approximate surface area is 331 Å². The number of sulfonamides is 1. The van der Waals surface area contributed by atoms with Gasteiger partial charge in [0, 0.05) is 23.8 Å². The molecule has 3 aliphatic rings. The van der Waals surface area contributed by atoms with Crippen molar-refractivity contribution in [3.05, 3.63) is 42.0 Å². The van der Waals surface area contributed by atoms with E-state index >= 15 is 0 Å². The number of benzene rings is 1. The molecule has 1 aromatic carbocycles. The largest absolute Gasteiger partial charge is 0.478 e. The first kappa shape index (κ1) is 43.5. The number of carbonyl (C=O) groups excluding carboxylic acids is 3. The molecule has 1 saturated heterocycles. The molecular weight excluding hydrogens is 770 g/mol. The third kappa shape index (κ3) is 9.10. The van der Waals surface area contributed by atoms with E-state index in [4.69, 9.17) is 19.9 Å². The maximum Gasteiger partial charge on any atom is 0.427 e. The van der Waals surface area contributed by atoms with Crippen molar-refractivity contribution in [1.82, 2.24) is 19.9 Å². The van der Waals surface area contributed by atoms with Crippen LogP contribution in [-0.2, 0) is 29.1 Å². The number of allylic oxidation sites excluding steroid dienone is 1. The van der Waals surface area contributed by atoms with E-state index in [0.29, 0.717) is 30.7 Å². The van der Waals surface area contributed by atoms with Crippen molar-refractivity contribution >= 4 is 44.5 Å². The third-order valence-corrected chi connectivity index (χ3v) is 13.0. The maximum atomic E-state index is 14.5. The Hall–Kier alpha value is -4.61. The number of fused-ring (bicyclic) bond motifs is 1. The van der Waals surface area contributed by atoms with Crippen LogP contribution in [0.3, 0.4) is 0 Å². The van der Waals surface area contributed by atoms with Gasteiger partial charge in [-0.05, 0) is 83.2 Å². The van der Waals surface area contributed by atoms with Crippen molar-refractivity contribution in [3.8, 4) is 11.8 Å². The summed E-state index contributed by atoms with van der Waals surface area (Å²) < 4.78 is 85.5. The summed E-state index contributed by atoms with van der Waals surface area (Å²) in [6.07, 6.45) is -0.802. The van der Waals surface area contributed by atoms with Crippen LogP contribution in [0.1, 0.15) is 86.1 Å². The Kier molecular flexibility index (Phi) is 12.2. The number of carbonyl (C=O) groups is 3. The standard InChI is InChI=1S/C39H53F3N6O8S/c1-9-12-24-20-38(24,34(51)47-57(52,53)37(8)15-16-37)46-31(49)28-18-25(55-32-26-14-11-13-23(5)27(26)19-29(44-32)54-17-10-2)21-48(28)33(50)30(22(3)4)45-35(43)56-36(6,7)39(40,41)42/h9,11-14,19,22,24-25,28,30H,10,15-18,20-21H2,1-8H3,(H2,43,45)(H,46,49)(H,47,51). The Bertz CT molecular complexity index is 2050. The van der Waals surface area contributed by atoms with Gasteiger partial charge in [0.25, 0.3) is 11.9 Å². The number of hydrogen-bond donors (Lipinski definition) is 3. The normalized spacial score (nSPS) is 24.0. The number of nitrogens with zero attached hydrogens (tertiary/aromatic N) is 3. The fourth-order valence-electron chi connectivity index (χ4n) is 6.72. The fraction of sp³-hybridized carbons (Fsp3) is 0.615. The molecule has 5 unspecified atom stereocenters. The van der Waals surface area contributed by atoms with Gasteiger partial charge in [-0.25, -0.2) is 13.4 Å². The first-order valence-corrected chi connectivity index (χ1v) is 20.6. The molecule has 0 bridgehead atoms. The smallest absolute Gasteiger partial charge is 0.427 e. The Morgan fingerprint density at radius 3 is 2.46 bits per heavy atom. The van der Waals surface area contributed by atoms with Crippen molar-refractivity contribution in [2.75, 3.05) is 13.2 Å². The summed E-state index contributed by atoms with van der Waals surface area (Å²) >= 11 is 0. The molecule has 2 heterocycles. The van der Waals surface area contributed by atoms with Gasteiger partial charge in [-0.2, -0.15) is 18.2 Å². The van der Waals surface area contributed by atoms with Crippen LogP contribution in [0.5, 0.6) is 11.8 Å². The number of aromatic nitrogens is 1. The highest BCUT2D eigenvalue weighted by Gasteiger charge is 2.63. The lowest BCUT2D eigenvalue weighted by Crippen LogP contribution is -2.58. The van der Waals surface area contributed by atoms with Crippen molar-refractivity contribution in [2.24, 2.45) is 22.6 Å². The second-order valence-corrected chi connectivity index (χ2v) is 18.4. The van der Waals surface area contributed by atoms with Gasteiger partial charge in [-0.3, -0.25) is 19.1 Å². The lowest BCUT2D eigenvalue weighted by atomic mass is 10.0. The minimum absolute atomic E-state index is 0.101. The molecule has 18 heteroatoms. The number of alkyl halides is 3. The van der Waals surface area contributed by atoms with Crippen LogP contribution < -0.4 is 25.2 Å². The number of aliphatic imine (C=N–C) groups is 1. The molecule has 4 N–H and O–H groups in total. The Morgan fingerprint density at radius 1 is 1.18 bits per heavy atom. The number of rotatable bonds is 15. The van der Waals surface area contributed by atoms with Gasteiger partial charge in [-0.1, -0.05) is 45.1 Å². The van der Waals surface area contributed by atoms with E-state index in [0.717, 1.165) is 31.2 Å². The summed E-state index contributed by atoms with van der Waals surface area (Å²) in [7, 11) is -4.06. The second-order valence-electron chi connectivity index (χ2n) is 16.2. The molecule has 314 valence electrons. The number of hydrogen-bond acceptors (Lipinski definition) is 10. The number of aryl methyl sites for hydroxylation is 1. The number of pyridine rings is 1. The second kappa shape index (κ2) is 16.0. The molecule has 5 rings (SSSR count). The lowest BCUT2D eigenvalue weighted by molar-refractivity contribution is -0.239. The van der Waals surface area contributed by atoms with Crippen LogP contribution in [0.15, 0.2) is 41.4 Å². The number of amidine groups is 1. The predicted octanol–water partition coefficient (Wildman–Crippen LogP) is 4.83. The average Bonchev–Trinajstić information content (AvgIpc) is 3.99. The van der Waals surface area contributed by atoms with E-state index in [1.54, 1.807) is 39.0 Å². The van der Waals surface area contributed by atoms with Gasteiger partial charge < -0.3 is 30.2 Å². The van der Waals surface area contributed by atoms with Gasteiger partial charge in [0.2, 0.25) is 39.2 Å². The van der Waals surface area contributed by atoms with E-state index in [-0.39, 0.29) is 25.3 Å². The van der Waals surface area contributed by atoms with Gasteiger partial charge in [0.1, 0.15) is 23.7 Å². The van der Waals surface area contributed by atoms with Crippen molar-refractivity contribution in [2.45, 2.75) is 128 Å². The maximum absolute atomic E-state index is 14.5. The van der Waals surface area contributed by atoms with Crippen LogP contribution in [0, 0.1) is 18.8 Å². The molecule has 2 saturated carbocycles. The zero-order valence-corrected chi connectivity index (χ0v) is 34.3. The van der Waals surface area contributed by atoms with Crippen molar-refractivity contribution in [3.63, 3.8) is 0 Å². The molecule has 14 nitrogen and oxygen atoms in total. The fourth-order valence-corrected chi connectivity index (χ4v) is 8.03. The monoisotopic (exact) mass is 822 g/mol. The molecule has 57 heavy (non-hydrogen) atoms. The molecule has 5 atom stereocenters. The van der Waals surface area contributed by atoms with Gasteiger partial charge >= 0.3 is 6.18 Å². The van der Waals surface area contributed by atoms with Gasteiger partial charge in [0.05, 0.1) is 17.9 Å². The summed E-state index contributed by atoms with van der Waals surface area (Å²) in [4.78, 5) is 52.5. The minimum atomic E-state index is -4.81. The van der Waals surface area contributed by atoms with E-state index in [2.05, 4.69) is 20.0 Å². The van der Waals surface area contributed by atoms with Crippen LogP contribution in [-0.4, -0.2) is 95.4 Å². The lowest BCUT2D eigenvalue weighted by Gasteiger charge is -2.31. The predicted molar refractivity (Wildman–Crippen MR) is 207 cm³/mol. The summed E-state index contributed by atoms with van der Waals surface area (Å²) in [5, 5.41) is 4.24. The van der Waals surface area contributed by atoms with Crippen LogP contribution in [0.25, 0.3) is 10.8 Å². The zero-order chi connectivity index (χ0) is 42.3. The van der Waals surface area contributed by atoms with Crippen LogP contribution in [0.2, 0.25) is 0 Å². The van der Waals surface area contributed by atoms with Gasteiger partial charge in [0.15, 0.2) is 0 Å². The molecule has 2 aliphatic carbocycles. The van der Waals surface area contributed by atoms with Crippen molar-refractivity contribution in [1.29, 1.82) is 0 Å². The number of nitrogens with one attached hydrogen (secondary N) is 2. The first-order valence-electron chi connectivity index (χ1n) is 19.1. The van der Waals surface area contributed by atoms with Crippen LogP contribution >= 0.6 is 0 Å². The van der Waals surface area contributed by atoms with E-state index in [1.165, 1.54) is 11.8 Å². The average molecular weight is 823 g/mol.